The normalized spacial score (nSPS) is 11.6. The van der Waals surface area contributed by atoms with E-state index < -0.39 is 0 Å². The summed E-state index contributed by atoms with van der Waals surface area (Å²) in [6, 6.07) is 6.49. The van der Waals surface area contributed by atoms with Crippen molar-refractivity contribution in [2.24, 2.45) is 0 Å². The molecule has 0 heterocycles. The smallest absolute Gasteiger partial charge is 0.338 e. The van der Waals surface area contributed by atoms with E-state index in [1.165, 1.54) is 0 Å². The number of rotatable bonds is 8. The fourth-order valence-corrected chi connectivity index (χ4v) is 1.90. The van der Waals surface area contributed by atoms with Crippen molar-refractivity contribution in [2.45, 2.75) is 39.7 Å². The number of benzene rings is 1. The summed E-state index contributed by atoms with van der Waals surface area (Å²) in [4.78, 5) is 23.4. The van der Waals surface area contributed by atoms with Gasteiger partial charge in [0.15, 0.2) is 0 Å². The predicted octanol–water partition coefficient (Wildman–Crippen LogP) is 3.01. The van der Waals surface area contributed by atoms with Crippen LogP contribution in [0.5, 0.6) is 0 Å². The second kappa shape index (κ2) is 9.00. The molecule has 0 radical (unpaired) electrons. The average molecular weight is 293 g/mol. The van der Waals surface area contributed by atoms with Crippen LogP contribution in [0.4, 0.5) is 5.69 Å². The number of nitrogens with one attached hydrogen (secondary N) is 1. The first kappa shape index (κ1) is 17.0. The Morgan fingerprint density at radius 2 is 1.67 bits per heavy atom. The number of carbonyl (C=O) groups excluding carboxylic acids is 2. The Bertz CT molecular complexity index is 456. The minimum absolute atomic E-state index is 0.256. The molecule has 0 saturated carbocycles. The number of esters is 2. The van der Waals surface area contributed by atoms with E-state index in [4.69, 9.17) is 9.47 Å². The van der Waals surface area contributed by atoms with Crippen LogP contribution < -0.4 is 5.32 Å². The summed E-state index contributed by atoms with van der Waals surface area (Å²) < 4.78 is 9.97. The molecule has 0 aliphatic carbocycles. The van der Waals surface area contributed by atoms with Crippen molar-refractivity contribution in [3.63, 3.8) is 0 Å². The lowest BCUT2D eigenvalue weighted by molar-refractivity contribution is -0.144. The first-order valence-corrected chi connectivity index (χ1v) is 7.32. The lowest BCUT2D eigenvalue weighted by Gasteiger charge is -2.17. The molecular formula is C16H23NO4. The third kappa shape index (κ3) is 5.45. The Labute approximate surface area is 125 Å². The van der Waals surface area contributed by atoms with Crippen molar-refractivity contribution in [1.82, 2.24) is 0 Å². The maximum atomic E-state index is 11.8. The Morgan fingerprint density at radius 3 is 2.19 bits per heavy atom. The van der Waals surface area contributed by atoms with E-state index >= 15 is 0 Å². The second-order valence-electron chi connectivity index (χ2n) is 4.54. The molecule has 1 N–H and O–H groups in total. The van der Waals surface area contributed by atoms with Gasteiger partial charge in [0.05, 0.1) is 18.8 Å². The van der Waals surface area contributed by atoms with Crippen LogP contribution in [0.25, 0.3) is 0 Å². The van der Waals surface area contributed by atoms with Crippen LogP contribution in [-0.4, -0.2) is 31.2 Å². The van der Waals surface area contributed by atoms with Gasteiger partial charge in [-0.05, 0) is 44.5 Å². The molecule has 1 unspecified atom stereocenters. The maximum absolute atomic E-state index is 11.8. The van der Waals surface area contributed by atoms with Crippen LogP contribution in [0.2, 0.25) is 0 Å². The highest BCUT2D eigenvalue weighted by molar-refractivity contribution is 5.90. The highest BCUT2D eigenvalue weighted by atomic mass is 16.5. The summed E-state index contributed by atoms with van der Waals surface area (Å²) in [5, 5.41) is 3.14. The van der Waals surface area contributed by atoms with Gasteiger partial charge in [-0.3, -0.25) is 0 Å². The third-order valence-corrected chi connectivity index (χ3v) is 2.89. The van der Waals surface area contributed by atoms with Crippen molar-refractivity contribution < 1.29 is 19.1 Å². The zero-order valence-electron chi connectivity index (χ0n) is 12.8. The lowest BCUT2D eigenvalue weighted by atomic mass is 10.1. The van der Waals surface area contributed by atoms with Gasteiger partial charge in [0, 0.05) is 5.69 Å². The maximum Gasteiger partial charge on any atom is 0.338 e. The van der Waals surface area contributed by atoms with E-state index in [0.29, 0.717) is 25.2 Å². The first-order chi connectivity index (χ1) is 10.1. The molecule has 1 rings (SSSR count). The molecule has 0 aliphatic rings. The monoisotopic (exact) mass is 293 g/mol. The molecule has 1 atom stereocenters. The summed E-state index contributed by atoms with van der Waals surface area (Å²) in [5.41, 5.74) is 1.26. The molecule has 5 heteroatoms. The number of carbonyl (C=O) groups is 2. The van der Waals surface area contributed by atoms with Gasteiger partial charge in [-0.25, -0.2) is 9.59 Å². The zero-order chi connectivity index (χ0) is 15.7. The van der Waals surface area contributed by atoms with Crippen molar-refractivity contribution in [1.29, 1.82) is 0 Å². The van der Waals surface area contributed by atoms with Crippen LogP contribution >= 0.6 is 0 Å². The van der Waals surface area contributed by atoms with Crippen LogP contribution in [-0.2, 0) is 14.3 Å². The molecule has 0 aromatic heterocycles. The molecule has 0 aliphatic heterocycles. The fourth-order valence-electron chi connectivity index (χ4n) is 1.90. The summed E-state index contributed by atoms with van der Waals surface area (Å²) >= 11 is 0. The number of hydrogen-bond donors (Lipinski definition) is 1. The summed E-state index contributed by atoms with van der Waals surface area (Å²) in [7, 11) is 0. The van der Waals surface area contributed by atoms with Gasteiger partial charge in [-0.1, -0.05) is 13.3 Å². The predicted molar refractivity (Wildman–Crippen MR) is 81.4 cm³/mol. The van der Waals surface area contributed by atoms with E-state index in [-0.39, 0.29) is 18.0 Å². The largest absolute Gasteiger partial charge is 0.464 e. The second-order valence-corrected chi connectivity index (χ2v) is 4.54. The molecule has 116 valence electrons. The van der Waals surface area contributed by atoms with Gasteiger partial charge in [0.25, 0.3) is 0 Å². The minimum Gasteiger partial charge on any atom is -0.464 e. The standard InChI is InChI=1S/C16H23NO4/c1-4-7-14(16(19)21-6-3)17-13-10-8-12(9-11-13)15(18)20-5-2/h8-11,14,17H,4-7H2,1-3H3. The third-order valence-electron chi connectivity index (χ3n) is 2.89. The Hall–Kier alpha value is -2.04. The number of hydrogen-bond acceptors (Lipinski definition) is 5. The number of ether oxygens (including phenoxy) is 2. The first-order valence-electron chi connectivity index (χ1n) is 7.32. The van der Waals surface area contributed by atoms with E-state index in [0.717, 1.165) is 12.1 Å². The minimum atomic E-state index is -0.372. The molecule has 5 nitrogen and oxygen atoms in total. The average Bonchev–Trinajstić information content (AvgIpc) is 2.48. The van der Waals surface area contributed by atoms with E-state index in [1.54, 1.807) is 38.1 Å². The summed E-state index contributed by atoms with van der Waals surface area (Å²) in [6.07, 6.45) is 1.57. The molecule has 0 amide bonds. The van der Waals surface area contributed by atoms with E-state index in [2.05, 4.69) is 5.32 Å². The van der Waals surface area contributed by atoms with E-state index in [1.807, 2.05) is 6.92 Å². The Kier molecular flexibility index (Phi) is 7.29. The highest BCUT2D eigenvalue weighted by Crippen LogP contribution is 2.14. The van der Waals surface area contributed by atoms with Crippen LogP contribution in [0.15, 0.2) is 24.3 Å². The van der Waals surface area contributed by atoms with Crippen LogP contribution in [0.3, 0.4) is 0 Å². The Morgan fingerprint density at radius 1 is 1.05 bits per heavy atom. The molecule has 1 aromatic rings. The van der Waals surface area contributed by atoms with E-state index in [9.17, 15) is 9.59 Å². The number of anilines is 1. The van der Waals surface area contributed by atoms with Crippen LogP contribution in [0.1, 0.15) is 44.0 Å². The van der Waals surface area contributed by atoms with Gasteiger partial charge in [0.2, 0.25) is 0 Å². The Balaban J connectivity index is 2.71. The molecule has 0 bridgehead atoms. The van der Waals surface area contributed by atoms with Crippen LogP contribution in [0, 0.1) is 0 Å². The molecule has 21 heavy (non-hydrogen) atoms. The molecule has 1 aromatic carbocycles. The molecule has 0 fully saturated rings. The fraction of sp³-hybridized carbons (Fsp3) is 0.500. The van der Waals surface area contributed by atoms with Gasteiger partial charge in [-0.2, -0.15) is 0 Å². The zero-order valence-corrected chi connectivity index (χ0v) is 12.8. The van der Waals surface area contributed by atoms with Crippen molar-refractivity contribution in [2.75, 3.05) is 18.5 Å². The highest BCUT2D eigenvalue weighted by Gasteiger charge is 2.18. The topological polar surface area (TPSA) is 64.6 Å². The SMILES string of the molecule is CCCC(Nc1ccc(C(=O)OCC)cc1)C(=O)OCC. The lowest BCUT2D eigenvalue weighted by Crippen LogP contribution is -2.31. The quantitative estimate of drug-likeness (QED) is 0.746. The van der Waals surface area contributed by atoms with Crippen molar-refractivity contribution in [3.05, 3.63) is 29.8 Å². The van der Waals surface area contributed by atoms with Crippen molar-refractivity contribution in [3.8, 4) is 0 Å². The summed E-state index contributed by atoms with van der Waals surface area (Å²) in [6.45, 7) is 6.28. The molecular weight excluding hydrogens is 270 g/mol. The summed E-state index contributed by atoms with van der Waals surface area (Å²) in [5.74, 6) is -0.603. The van der Waals surface area contributed by atoms with Crippen molar-refractivity contribution >= 4 is 17.6 Å². The van der Waals surface area contributed by atoms with Gasteiger partial charge in [-0.15, -0.1) is 0 Å². The molecule has 0 saturated heterocycles. The van der Waals surface area contributed by atoms with Gasteiger partial charge < -0.3 is 14.8 Å². The van der Waals surface area contributed by atoms with Gasteiger partial charge in [0.1, 0.15) is 6.04 Å². The van der Waals surface area contributed by atoms with Gasteiger partial charge >= 0.3 is 11.9 Å². The molecule has 0 spiro atoms.